The van der Waals surface area contributed by atoms with Gasteiger partial charge in [-0.1, -0.05) is 41.4 Å². The Balaban J connectivity index is 1.81. The maximum atomic E-state index is 6.40. The van der Waals surface area contributed by atoms with Crippen LogP contribution in [0.15, 0.2) is 46.9 Å². The van der Waals surface area contributed by atoms with Crippen LogP contribution in [-0.4, -0.2) is 16.3 Å². The van der Waals surface area contributed by atoms with Crippen LogP contribution < -0.4 is 5.32 Å². The highest BCUT2D eigenvalue weighted by Crippen LogP contribution is 2.33. The number of benzene rings is 2. The van der Waals surface area contributed by atoms with Crippen molar-refractivity contribution in [3.05, 3.63) is 73.8 Å². The molecule has 2 aromatic carbocycles. The molecule has 0 unspecified atom stereocenters. The summed E-state index contributed by atoms with van der Waals surface area (Å²) >= 11 is 16.1. The predicted octanol–water partition coefficient (Wildman–Crippen LogP) is 6.28. The number of nitrogens with one attached hydrogen (secondary N) is 1. The third-order valence-electron chi connectivity index (χ3n) is 4.67. The van der Waals surface area contributed by atoms with Gasteiger partial charge in [-0.05, 0) is 65.0 Å². The standard InChI is InChI=1S/C20H18BrCl2N3/c21-16-6-1-2-7-19(16)26-20-15(5-3-4-10-24-20)18(25-26)11-13-8-9-14(22)12-17(13)23/h1-2,6-9,12,24H,3-5,10-11H2. The molecule has 0 aliphatic carbocycles. The van der Waals surface area contributed by atoms with Crippen molar-refractivity contribution < 1.29 is 0 Å². The number of nitrogens with zero attached hydrogens (tertiary/aromatic N) is 2. The first-order valence-corrected chi connectivity index (χ1v) is 10.2. The highest BCUT2D eigenvalue weighted by Gasteiger charge is 2.22. The van der Waals surface area contributed by atoms with E-state index in [2.05, 4.69) is 27.3 Å². The van der Waals surface area contributed by atoms with Gasteiger partial charge in [0.2, 0.25) is 0 Å². The normalized spacial score (nSPS) is 13.8. The average molecular weight is 451 g/mol. The summed E-state index contributed by atoms with van der Waals surface area (Å²) in [6, 6.07) is 13.8. The molecular weight excluding hydrogens is 433 g/mol. The Labute approximate surface area is 171 Å². The van der Waals surface area contributed by atoms with Crippen molar-refractivity contribution in [2.24, 2.45) is 0 Å². The van der Waals surface area contributed by atoms with E-state index in [4.69, 9.17) is 28.3 Å². The first-order chi connectivity index (χ1) is 12.6. The van der Waals surface area contributed by atoms with E-state index >= 15 is 0 Å². The number of aromatic nitrogens is 2. The molecule has 0 bridgehead atoms. The fourth-order valence-corrected chi connectivity index (χ4v) is 4.29. The SMILES string of the molecule is Clc1ccc(Cc2nn(-c3ccccc3Br)c3c2CCCCN3)c(Cl)c1. The second-order valence-electron chi connectivity index (χ2n) is 6.43. The van der Waals surface area contributed by atoms with Crippen LogP contribution in [0.2, 0.25) is 10.0 Å². The van der Waals surface area contributed by atoms with Gasteiger partial charge in [0.1, 0.15) is 5.82 Å². The van der Waals surface area contributed by atoms with Gasteiger partial charge in [-0.3, -0.25) is 0 Å². The third-order valence-corrected chi connectivity index (χ3v) is 5.92. The topological polar surface area (TPSA) is 29.9 Å². The van der Waals surface area contributed by atoms with Gasteiger partial charge < -0.3 is 5.32 Å². The van der Waals surface area contributed by atoms with Crippen molar-refractivity contribution in [3.63, 3.8) is 0 Å². The molecule has 0 radical (unpaired) electrons. The molecule has 1 N–H and O–H groups in total. The third kappa shape index (κ3) is 3.51. The summed E-state index contributed by atoms with van der Waals surface area (Å²) in [5.74, 6) is 1.09. The minimum absolute atomic E-state index is 0.651. The Morgan fingerprint density at radius 3 is 2.77 bits per heavy atom. The molecule has 1 aromatic heterocycles. The fourth-order valence-electron chi connectivity index (χ4n) is 3.36. The van der Waals surface area contributed by atoms with Gasteiger partial charge >= 0.3 is 0 Å². The Morgan fingerprint density at radius 2 is 1.96 bits per heavy atom. The van der Waals surface area contributed by atoms with Gasteiger partial charge in [-0.2, -0.15) is 5.10 Å². The van der Waals surface area contributed by atoms with E-state index in [0.717, 1.165) is 53.0 Å². The molecule has 26 heavy (non-hydrogen) atoms. The quantitative estimate of drug-likeness (QED) is 0.508. The van der Waals surface area contributed by atoms with Crippen molar-refractivity contribution in [1.29, 1.82) is 0 Å². The summed E-state index contributed by atoms with van der Waals surface area (Å²) in [5.41, 5.74) is 4.42. The lowest BCUT2D eigenvalue weighted by Gasteiger charge is -2.10. The van der Waals surface area contributed by atoms with Crippen molar-refractivity contribution in [2.45, 2.75) is 25.7 Å². The maximum Gasteiger partial charge on any atom is 0.133 e. The lowest BCUT2D eigenvalue weighted by Crippen LogP contribution is -2.07. The molecule has 1 aliphatic rings. The molecule has 6 heteroatoms. The Bertz CT molecular complexity index is 952. The summed E-state index contributed by atoms with van der Waals surface area (Å²) < 4.78 is 3.04. The Hall–Kier alpha value is -1.49. The highest BCUT2D eigenvalue weighted by atomic mass is 79.9. The summed E-state index contributed by atoms with van der Waals surface area (Å²) in [6.45, 7) is 0.963. The van der Waals surface area contributed by atoms with E-state index in [0.29, 0.717) is 16.5 Å². The van der Waals surface area contributed by atoms with Crippen LogP contribution >= 0.6 is 39.1 Å². The molecule has 0 spiro atoms. The Morgan fingerprint density at radius 1 is 1.12 bits per heavy atom. The smallest absolute Gasteiger partial charge is 0.133 e. The molecule has 0 fully saturated rings. The van der Waals surface area contributed by atoms with Crippen molar-refractivity contribution in [3.8, 4) is 5.69 Å². The van der Waals surface area contributed by atoms with Crippen molar-refractivity contribution in [2.75, 3.05) is 11.9 Å². The number of hydrogen-bond donors (Lipinski definition) is 1. The highest BCUT2D eigenvalue weighted by molar-refractivity contribution is 9.10. The summed E-state index contributed by atoms with van der Waals surface area (Å²) in [6.07, 6.45) is 4.03. The average Bonchev–Trinajstić information content (AvgIpc) is 2.80. The lowest BCUT2D eigenvalue weighted by molar-refractivity contribution is 0.767. The van der Waals surface area contributed by atoms with Gasteiger partial charge in [-0.25, -0.2) is 4.68 Å². The molecule has 134 valence electrons. The zero-order valence-electron chi connectivity index (χ0n) is 14.1. The zero-order chi connectivity index (χ0) is 18.1. The summed E-state index contributed by atoms with van der Waals surface area (Å²) in [4.78, 5) is 0. The Kier molecular flexibility index (Phi) is 5.25. The van der Waals surface area contributed by atoms with Crippen molar-refractivity contribution >= 4 is 44.9 Å². The van der Waals surface area contributed by atoms with Crippen LogP contribution in [0.1, 0.15) is 29.7 Å². The minimum Gasteiger partial charge on any atom is -0.370 e. The van der Waals surface area contributed by atoms with Crippen LogP contribution in [-0.2, 0) is 12.8 Å². The fraction of sp³-hybridized carbons (Fsp3) is 0.250. The molecule has 3 nitrogen and oxygen atoms in total. The van der Waals surface area contributed by atoms with Gasteiger partial charge in [-0.15, -0.1) is 0 Å². The van der Waals surface area contributed by atoms with E-state index in [1.807, 2.05) is 35.0 Å². The molecule has 4 rings (SSSR count). The first-order valence-electron chi connectivity index (χ1n) is 8.67. The number of anilines is 1. The number of halogens is 3. The largest absolute Gasteiger partial charge is 0.370 e. The number of fused-ring (bicyclic) bond motifs is 1. The molecule has 0 amide bonds. The second-order valence-corrected chi connectivity index (χ2v) is 8.13. The zero-order valence-corrected chi connectivity index (χ0v) is 17.2. The van der Waals surface area contributed by atoms with Gasteiger partial charge in [0.05, 0.1) is 11.4 Å². The minimum atomic E-state index is 0.651. The van der Waals surface area contributed by atoms with Crippen LogP contribution in [0, 0.1) is 0 Å². The van der Waals surface area contributed by atoms with Gasteiger partial charge in [0.25, 0.3) is 0 Å². The van der Waals surface area contributed by atoms with Gasteiger partial charge in [0.15, 0.2) is 0 Å². The van der Waals surface area contributed by atoms with Crippen LogP contribution in [0.4, 0.5) is 5.82 Å². The summed E-state index contributed by atoms with van der Waals surface area (Å²) in [7, 11) is 0. The van der Waals surface area contributed by atoms with E-state index in [9.17, 15) is 0 Å². The summed E-state index contributed by atoms with van der Waals surface area (Å²) in [5, 5.41) is 9.87. The lowest BCUT2D eigenvalue weighted by atomic mass is 10.0. The number of rotatable bonds is 3. The van der Waals surface area contributed by atoms with Crippen molar-refractivity contribution in [1.82, 2.24) is 9.78 Å². The van der Waals surface area contributed by atoms with Crippen LogP contribution in [0.3, 0.4) is 0 Å². The van der Waals surface area contributed by atoms with E-state index in [1.165, 1.54) is 5.56 Å². The van der Waals surface area contributed by atoms with Crippen LogP contribution in [0.5, 0.6) is 0 Å². The van der Waals surface area contributed by atoms with E-state index in [-0.39, 0.29) is 0 Å². The predicted molar refractivity (Wildman–Crippen MR) is 112 cm³/mol. The first kappa shape index (κ1) is 17.9. The van der Waals surface area contributed by atoms with Gasteiger partial charge in [0, 0.05) is 33.0 Å². The van der Waals surface area contributed by atoms with E-state index in [1.54, 1.807) is 6.07 Å². The molecule has 0 saturated heterocycles. The molecule has 2 heterocycles. The molecular formula is C20H18BrCl2N3. The molecule has 3 aromatic rings. The maximum absolute atomic E-state index is 6.40. The van der Waals surface area contributed by atoms with Crippen LogP contribution in [0.25, 0.3) is 5.69 Å². The second kappa shape index (κ2) is 7.63. The number of hydrogen-bond acceptors (Lipinski definition) is 2. The van der Waals surface area contributed by atoms with E-state index < -0.39 is 0 Å². The molecule has 1 aliphatic heterocycles. The number of para-hydroxylation sites is 1. The monoisotopic (exact) mass is 449 g/mol. The molecule has 0 saturated carbocycles. The molecule has 0 atom stereocenters.